The van der Waals surface area contributed by atoms with Crippen molar-refractivity contribution in [3.63, 3.8) is 0 Å². The van der Waals surface area contributed by atoms with E-state index in [1.165, 1.54) is 18.4 Å². The van der Waals surface area contributed by atoms with Crippen LogP contribution in [-0.2, 0) is 16.1 Å². The van der Waals surface area contributed by atoms with Gasteiger partial charge in [0.05, 0.1) is 13.2 Å². The van der Waals surface area contributed by atoms with E-state index in [1.807, 2.05) is 25.1 Å². The van der Waals surface area contributed by atoms with Crippen molar-refractivity contribution in [1.82, 2.24) is 16.0 Å². The molecular weight excluding hydrogens is 479 g/mol. The van der Waals surface area contributed by atoms with Gasteiger partial charge in [0.25, 0.3) is 0 Å². The van der Waals surface area contributed by atoms with Crippen LogP contribution in [0, 0.1) is 5.92 Å². The molecule has 29 heavy (non-hydrogen) atoms. The third kappa shape index (κ3) is 11.4. The number of hydrogen-bond donors (Lipinski definition) is 3. The van der Waals surface area contributed by atoms with Crippen molar-refractivity contribution in [1.29, 1.82) is 0 Å². The summed E-state index contributed by atoms with van der Waals surface area (Å²) in [5.41, 5.74) is 1.18. The molecule has 0 radical (unpaired) electrons. The highest BCUT2D eigenvalue weighted by atomic mass is 127. The molecule has 1 aliphatic carbocycles. The van der Waals surface area contributed by atoms with Gasteiger partial charge in [-0.1, -0.05) is 50.1 Å². The number of rotatable bonds is 11. The summed E-state index contributed by atoms with van der Waals surface area (Å²) < 4.78 is 5.79. The predicted octanol–water partition coefficient (Wildman–Crippen LogP) is 3.46. The van der Waals surface area contributed by atoms with Crippen molar-refractivity contribution >= 4 is 35.8 Å². The van der Waals surface area contributed by atoms with Gasteiger partial charge in [0.1, 0.15) is 0 Å². The Labute approximate surface area is 192 Å². The fourth-order valence-corrected chi connectivity index (χ4v) is 3.26. The maximum Gasteiger partial charge on any atom is 0.221 e. The van der Waals surface area contributed by atoms with Crippen LogP contribution in [0.4, 0.5) is 0 Å². The molecule has 0 heterocycles. The topological polar surface area (TPSA) is 74.8 Å². The number of guanidine groups is 1. The van der Waals surface area contributed by atoms with E-state index in [2.05, 4.69) is 40.0 Å². The second-order valence-electron chi connectivity index (χ2n) is 7.55. The number of aliphatic imine (C=N–C) groups is 1. The summed E-state index contributed by atoms with van der Waals surface area (Å²) in [4.78, 5) is 16.6. The van der Waals surface area contributed by atoms with Gasteiger partial charge in [-0.2, -0.15) is 0 Å². The van der Waals surface area contributed by atoms with E-state index >= 15 is 0 Å². The molecule has 0 aromatic heterocycles. The van der Waals surface area contributed by atoms with Crippen molar-refractivity contribution in [3.8, 4) is 0 Å². The minimum absolute atomic E-state index is 0. The number of halogens is 1. The second kappa shape index (κ2) is 15.5. The van der Waals surface area contributed by atoms with Gasteiger partial charge in [-0.15, -0.1) is 24.0 Å². The lowest BCUT2D eigenvalue weighted by Crippen LogP contribution is -2.40. The van der Waals surface area contributed by atoms with Crippen molar-refractivity contribution in [2.75, 3.05) is 26.2 Å². The van der Waals surface area contributed by atoms with E-state index in [4.69, 9.17) is 4.74 Å². The van der Waals surface area contributed by atoms with Crippen molar-refractivity contribution in [2.24, 2.45) is 10.9 Å². The van der Waals surface area contributed by atoms with E-state index in [-0.39, 0.29) is 29.9 Å². The highest BCUT2D eigenvalue weighted by Crippen LogP contribution is 2.17. The molecule has 1 saturated carbocycles. The van der Waals surface area contributed by atoms with Gasteiger partial charge in [-0.25, -0.2) is 0 Å². The summed E-state index contributed by atoms with van der Waals surface area (Å²) in [6.07, 6.45) is 5.17. The van der Waals surface area contributed by atoms with Gasteiger partial charge >= 0.3 is 0 Å². The molecule has 2 rings (SSSR count). The van der Waals surface area contributed by atoms with Crippen LogP contribution in [0.2, 0.25) is 0 Å². The number of amides is 1. The molecular formula is C22H37IN4O2. The highest BCUT2D eigenvalue weighted by molar-refractivity contribution is 14.0. The van der Waals surface area contributed by atoms with Crippen LogP contribution < -0.4 is 16.0 Å². The Morgan fingerprint density at radius 3 is 2.62 bits per heavy atom. The maximum atomic E-state index is 12.0. The quantitative estimate of drug-likeness (QED) is 0.239. The molecule has 1 aliphatic rings. The Morgan fingerprint density at radius 2 is 1.93 bits per heavy atom. The molecule has 1 aromatic carbocycles. The molecule has 1 atom stereocenters. The van der Waals surface area contributed by atoms with Crippen LogP contribution in [0.15, 0.2) is 35.3 Å². The fraction of sp³-hybridized carbons (Fsp3) is 0.636. The van der Waals surface area contributed by atoms with Crippen LogP contribution in [0.25, 0.3) is 0 Å². The molecule has 164 valence electrons. The fourth-order valence-electron chi connectivity index (χ4n) is 3.26. The van der Waals surface area contributed by atoms with Gasteiger partial charge in [-0.3, -0.25) is 9.79 Å². The number of carbonyl (C=O) groups excluding carboxylic acids is 1. The molecule has 7 heteroatoms. The summed E-state index contributed by atoms with van der Waals surface area (Å²) >= 11 is 0. The molecule has 3 N–H and O–H groups in total. The molecule has 1 unspecified atom stereocenters. The van der Waals surface area contributed by atoms with Gasteiger partial charge in [0.2, 0.25) is 5.91 Å². The number of nitrogens with one attached hydrogen (secondary N) is 3. The first-order valence-electron chi connectivity index (χ1n) is 10.6. The van der Waals surface area contributed by atoms with Crippen molar-refractivity contribution in [2.45, 2.75) is 58.6 Å². The normalized spacial score (nSPS) is 15.4. The number of benzene rings is 1. The van der Waals surface area contributed by atoms with E-state index < -0.39 is 0 Å². The number of ether oxygens (including phenoxy) is 1. The van der Waals surface area contributed by atoms with E-state index in [1.54, 1.807) is 0 Å². The zero-order valence-electron chi connectivity index (χ0n) is 17.8. The van der Waals surface area contributed by atoms with Gasteiger partial charge in [0.15, 0.2) is 5.96 Å². The zero-order chi connectivity index (χ0) is 20.0. The third-order valence-corrected chi connectivity index (χ3v) is 4.78. The summed E-state index contributed by atoms with van der Waals surface area (Å²) in [5, 5.41) is 9.60. The molecule has 1 aromatic rings. The Morgan fingerprint density at radius 1 is 1.21 bits per heavy atom. The van der Waals surface area contributed by atoms with Crippen LogP contribution in [-0.4, -0.2) is 44.1 Å². The Kier molecular flexibility index (Phi) is 13.7. The molecule has 1 amide bonds. The van der Waals surface area contributed by atoms with Gasteiger partial charge in [0, 0.05) is 32.1 Å². The lowest BCUT2D eigenvalue weighted by atomic mass is 10.2. The largest absolute Gasteiger partial charge is 0.376 e. The molecule has 0 aliphatic heterocycles. The Bertz CT molecular complexity index is 592. The lowest BCUT2D eigenvalue weighted by Gasteiger charge is -2.15. The average Bonchev–Trinajstić information content (AvgIpc) is 3.20. The van der Waals surface area contributed by atoms with Crippen LogP contribution >= 0.6 is 24.0 Å². The minimum Gasteiger partial charge on any atom is -0.376 e. The van der Waals surface area contributed by atoms with Gasteiger partial charge in [-0.05, 0) is 31.2 Å². The summed E-state index contributed by atoms with van der Waals surface area (Å²) in [5.74, 6) is 1.20. The predicted molar refractivity (Wildman–Crippen MR) is 130 cm³/mol. The summed E-state index contributed by atoms with van der Waals surface area (Å²) in [6, 6.07) is 10.6. The van der Waals surface area contributed by atoms with E-state index in [9.17, 15) is 4.79 Å². The number of hydrogen-bond acceptors (Lipinski definition) is 3. The second-order valence-corrected chi connectivity index (χ2v) is 7.55. The summed E-state index contributed by atoms with van der Waals surface area (Å²) in [6.45, 7) is 7.52. The molecule has 1 fully saturated rings. The first kappa shape index (κ1) is 25.7. The SMILES string of the molecule is CCNC(=NCC(C)COCc1ccccc1)NCCC(=O)NC1CCCC1.I. The van der Waals surface area contributed by atoms with Crippen LogP contribution in [0.3, 0.4) is 0 Å². The third-order valence-electron chi connectivity index (χ3n) is 4.78. The molecule has 0 saturated heterocycles. The Balaban J connectivity index is 0.00000420. The standard InChI is InChI=1S/C22H36N4O2.HI/c1-3-23-22(24-14-13-21(27)26-20-11-7-8-12-20)25-15-18(2)16-28-17-19-9-5-4-6-10-19;/h4-6,9-10,18,20H,3,7-8,11-17H2,1-2H3,(H,26,27)(H2,23,24,25);1H. The first-order chi connectivity index (χ1) is 13.7. The van der Waals surface area contributed by atoms with Gasteiger partial charge < -0.3 is 20.7 Å². The van der Waals surface area contributed by atoms with Crippen LogP contribution in [0.1, 0.15) is 51.5 Å². The monoisotopic (exact) mass is 516 g/mol. The summed E-state index contributed by atoms with van der Waals surface area (Å²) in [7, 11) is 0. The van der Waals surface area contributed by atoms with Crippen molar-refractivity contribution < 1.29 is 9.53 Å². The van der Waals surface area contributed by atoms with E-state index in [0.29, 0.717) is 44.7 Å². The maximum absolute atomic E-state index is 12.0. The average molecular weight is 516 g/mol. The van der Waals surface area contributed by atoms with E-state index in [0.717, 1.165) is 25.3 Å². The first-order valence-corrected chi connectivity index (χ1v) is 10.6. The van der Waals surface area contributed by atoms with Crippen LogP contribution in [0.5, 0.6) is 0 Å². The van der Waals surface area contributed by atoms with Crippen molar-refractivity contribution in [3.05, 3.63) is 35.9 Å². The molecule has 0 spiro atoms. The highest BCUT2D eigenvalue weighted by Gasteiger charge is 2.16. The molecule has 6 nitrogen and oxygen atoms in total. The zero-order valence-corrected chi connectivity index (χ0v) is 20.1. The smallest absolute Gasteiger partial charge is 0.221 e. The molecule has 0 bridgehead atoms. The Hall–Kier alpha value is -1.35. The lowest BCUT2D eigenvalue weighted by molar-refractivity contribution is -0.121. The number of carbonyl (C=O) groups is 1. The number of nitrogens with zero attached hydrogens (tertiary/aromatic N) is 1. The minimum atomic E-state index is 0.